The van der Waals surface area contributed by atoms with E-state index >= 15 is 0 Å². The summed E-state index contributed by atoms with van der Waals surface area (Å²) in [5.41, 5.74) is 0. The van der Waals surface area contributed by atoms with Crippen molar-refractivity contribution in [1.29, 1.82) is 0 Å². The van der Waals surface area contributed by atoms with Gasteiger partial charge < -0.3 is 0 Å². The lowest BCUT2D eigenvalue weighted by molar-refractivity contribution is -0.0831. The van der Waals surface area contributed by atoms with E-state index in [4.69, 9.17) is 0 Å². The monoisotopic (exact) mass is 198 g/mol. The van der Waals surface area contributed by atoms with Crippen molar-refractivity contribution in [2.24, 2.45) is 0 Å². The van der Waals surface area contributed by atoms with Crippen LogP contribution < -0.4 is 0 Å². The zero-order valence-electron chi connectivity index (χ0n) is 5.42. The van der Waals surface area contributed by atoms with Crippen LogP contribution in [0.1, 0.15) is 6.92 Å². The molecule has 0 N–H and O–H groups in total. The van der Waals surface area contributed by atoms with Crippen molar-refractivity contribution in [1.82, 2.24) is 0 Å². The summed E-state index contributed by atoms with van der Waals surface area (Å²) in [6.07, 6.45) is -0.900. The van der Waals surface area contributed by atoms with Crippen LogP contribution in [0.2, 0.25) is 0 Å². The molecule has 0 spiro atoms. The van der Waals surface area contributed by atoms with Crippen LogP contribution in [-0.2, 0) is 0 Å². The van der Waals surface area contributed by atoms with Gasteiger partial charge >= 0.3 is 11.8 Å². The van der Waals surface area contributed by atoms with Crippen LogP contribution in [-0.4, -0.2) is 18.0 Å². The number of alkyl halides is 6. The van der Waals surface area contributed by atoms with Gasteiger partial charge in [-0.05, 0) is 6.16 Å². The molecule has 0 aliphatic rings. The molecule has 0 amide bonds. The summed E-state index contributed by atoms with van der Waals surface area (Å²) >= 11 is 0. The first kappa shape index (κ1) is 11.0. The van der Waals surface area contributed by atoms with Crippen molar-refractivity contribution >= 4 is 7.92 Å². The van der Waals surface area contributed by atoms with E-state index in [9.17, 15) is 26.3 Å². The molecule has 0 rings (SSSR count). The Labute approximate surface area is 60.3 Å². The summed E-state index contributed by atoms with van der Waals surface area (Å²) in [6, 6.07) is 0. The topological polar surface area (TPSA) is 0 Å². The smallest absolute Gasteiger partial charge is 0.167 e. The summed E-state index contributed by atoms with van der Waals surface area (Å²) in [5.74, 6) is -10.2. The zero-order valence-corrected chi connectivity index (χ0v) is 6.32. The van der Waals surface area contributed by atoms with Gasteiger partial charge in [-0.15, -0.1) is 0 Å². The van der Waals surface area contributed by atoms with E-state index in [0.717, 1.165) is 6.92 Å². The van der Waals surface area contributed by atoms with Crippen LogP contribution in [0.3, 0.4) is 0 Å². The van der Waals surface area contributed by atoms with Gasteiger partial charge in [0, 0.05) is 0 Å². The summed E-state index contributed by atoms with van der Waals surface area (Å²) in [5, 5.41) is 0. The Hall–Kier alpha value is 0.01000. The maximum Gasteiger partial charge on any atom is 0.413 e. The Morgan fingerprint density at radius 1 is 0.909 bits per heavy atom. The zero-order chi connectivity index (χ0) is 9.28. The molecule has 0 nitrogen and oxygen atoms in total. The number of halogens is 6. The van der Waals surface area contributed by atoms with Crippen molar-refractivity contribution in [2.45, 2.75) is 18.8 Å². The van der Waals surface area contributed by atoms with Crippen molar-refractivity contribution < 1.29 is 26.3 Å². The lowest BCUT2D eigenvalue weighted by Gasteiger charge is -2.20. The van der Waals surface area contributed by atoms with Gasteiger partial charge in [-0.25, -0.2) is 0 Å². The highest BCUT2D eigenvalue weighted by atomic mass is 31.1. The van der Waals surface area contributed by atoms with Crippen molar-refractivity contribution in [3.8, 4) is 0 Å². The minimum absolute atomic E-state index is 0.882. The Morgan fingerprint density at radius 2 is 1.18 bits per heavy atom. The average molecular weight is 198 g/mol. The Morgan fingerprint density at radius 3 is 1.18 bits per heavy atom. The van der Waals surface area contributed by atoms with E-state index in [2.05, 4.69) is 0 Å². The normalized spacial score (nSPS) is 14.2. The van der Waals surface area contributed by atoms with Gasteiger partial charge in [0.1, 0.15) is 7.92 Å². The molecular weight excluding hydrogens is 193 g/mol. The van der Waals surface area contributed by atoms with Crippen molar-refractivity contribution in [2.75, 3.05) is 6.16 Å². The second kappa shape index (κ2) is 3.17. The molecule has 0 atom stereocenters. The van der Waals surface area contributed by atoms with E-state index in [1.165, 1.54) is 0 Å². The third-order valence-electron chi connectivity index (χ3n) is 0.928. The fourth-order valence-corrected chi connectivity index (χ4v) is 1.51. The van der Waals surface area contributed by atoms with E-state index < -0.39 is 25.9 Å². The van der Waals surface area contributed by atoms with Crippen molar-refractivity contribution in [3.05, 3.63) is 0 Å². The van der Waals surface area contributed by atoms with Gasteiger partial charge in [-0.3, -0.25) is 0 Å². The molecule has 0 aliphatic carbocycles. The number of hydrogen-bond acceptors (Lipinski definition) is 0. The van der Waals surface area contributed by atoms with Crippen LogP contribution in [0.15, 0.2) is 0 Å². The van der Waals surface area contributed by atoms with E-state index in [1.807, 2.05) is 0 Å². The van der Waals surface area contributed by atoms with Crippen LogP contribution >= 0.6 is 7.92 Å². The van der Waals surface area contributed by atoms with Gasteiger partial charge in [0.25, 0.3) is 0 Å². The molecule has 11 heavy (non-hydrogen) atoms. The molecule has 0 aromatic heterocycles. The second-order valence-corrected chi connectivity index (χ2v) is 4.18. The molecule has 0 aromatic carbocycles. The molecule has 0 aliphatic heterocycles. The molecule has 0 fully saturated rings. The summed E-state index contributed by atoms with van der Waals surface area (Å²) < 4.78 is 69.2. The molecule has 0 radical (unpaired) electrons. The average Bonchev–Trinajstić information content (AvgIpc) is 1.56. The van der Waals surface area contributed by atoms with Crippen LogP contribution in [0, 0.1) is 0 Å². The SMILES string of the molecule is CCP(C(F)(F)F)C(F)(F)F. The molecular formula is C4H5F6P. The van der Waals surface area contributed by atoms with Gasteiger partial charge in [-0.1, -0.05) is 6.92 Å². The molecule has 68 valence electrons. The molecule has 0 saturated heterocycles. The van der Waals surface area contributed by atoms with Gasteiger partial charge in [0.15, 0.2) is 0 Å². The van der Waals surface area contributed by atoms with Gasteiger partial charge in [0.05, 0.1) is 0 Å². The largest absolute Gasteiger partial charge is 0.413 e. The quantitative estimate of drug-likeness (QED) is 0.446. The predicted molar refractivity (Wildman–Crippen MR) is 29.6 cm³/mol. The van der Waals surface area contributed by atoms with Crippen LogP contribution in [0.25, 0.3) is 0 Å². The summed E-state index contributed by atoms with van der Waals surface area (Å²) in [4.78, 5) is 0. The van der Waals surface area contributed by atoms with Gasteiger partial charge in [0.2, 0.25) is 0 Å². The maximum absolute atomic E-state index is 11.5. The van der Waals surface area contributed by atoms with E-state index in [-0.39, 0.29) is 0 Å². The molecule has 0 bridgehead atoms. The molecule has 7 heteroatoms. The highest BCUT2D eigenvalue weighted by Gasteiger charge is 2.55. The fourth-order valence-electron chi connectivity index (χ4n) is 0.502. The third kappa shape index (κ3) is 3.27. The molecule has 0 unspecified atom stereocenters. The first-order valence-electron chi connectivity index (χ1n) is 2.60. The fraction of sp³-hybridized carbons (Fsp3) is 1.00. The standard InChI is InChI=1S/C4H5F6P/c1-2-11(3(5,6)7)4(8,9)10/h2H2,1H3. The maximum atomic E-state index is 11.5. The van der Waals surface area contributed by atoms with E-state index in [0.29, 0.717) is 0 Å². The minimum Gasteiger partial charge on any atom is -0.167 e. The minimum atomic E-state index is -5.11. The molecule has 0 heterocycles. The lowest BCUT2D eigenvalue weighted by atomic mass is 11.0. The van der Waals surface area contributed by atoms with E-state index in [1.54, 1.807) is 0 Å². The molecule has 0 aromatic rings. The van der Waals surface area contributed by atoms with Crippen molar-refractivity contribution in [3.63, 3.8) is 0 Å². The van der Waals surface area contributed by atoms with Crippen LogP contribution in [0.4, 0.5) is 26.3 Å². The van der Waals surface area contributed by atoms with Crippen LogP contribution in [0.5, 0.6) is 0 Å². The first-order chi connectivity index (χ1) is 4.69. The highest BCUT2D eigenvalue weighted by molar-refractivity contribution is 7.59. The highest BCUT2D eigenvalue weighted by Crippen LogP contribution is 2.63. The Bertz CT molecular complexity index is 110. The summed E-state index contributed by atoms with van der Waals surface area (Å²) in [7, 11) is -3.84. The Kier molecular flexibility index (Phi) is 3.17. The lowest BCUT2D eigenvalue weighted by Crippen LogP contribution is -2.19. The predicted octanol–water partition coefficient (Wildman–Crippen LogP) is 3.53. The third-order valence-corrected chi connectivity index (χ3v) is 2.79. The number of hydrogen-bond donors (Lipinski definition) is 0. The number of rotatable bonds is 1. The van der Waals surface area contributed by atoms with Gasteiger partial charge in [-0.2, -0.15) is 26.3 Å². The first-order valence-corrected chi connectivity index (χ1v) is 4.13. The Balaban J connectivity index is 4.43. The molecule has 0 saturated carbocycles. The second-order valence-electron chi connectivity index (χ2n) is 1.68. The summed E-state index contributed by atoms with van der Waals surface area (Å²) in [6.45, 7) is 0.882.